The third-order valence-electron chi connectivity index (χ3n) is 7.24. The van der Waals surface area contributed by atoms with Gasteiger partial charge in [-0.05, 0) is 36.4 Å². The van der Waals surface area contributed by atoms with Crippen molar-refractivity contribution in [2.45, 2.75) is 52.9 Å². The number of hydrogen-bond acceptors (Lipinski definition) is 9. The van der Waals surface area contributed by atoms with Crippen LogP contribution in [0.3, 0.4) is 0 Å². The van der Waals surface area contributed by atoms with Crippen LogP contribution in [0, 0.1) is 23.7 Å². The first-order valence-electron chi connectivity index (χ1n) is 15.4. The molecule has 0 radical (unpaired) electrons. The number of pyridine rings is 3. The highest BCUT2D eigenvalue weighted by Gasteiger charge is 2.20. The molecule has 3 aromatic rings. The van der Waals surface area contributed by atoms with E-state index in [0.29, 0.717) is 87.7 Å². The minimum absolute atomic E-state index is 0.0797. The lowest BCUT2D eigenvalue weighted by molar-refractivity contribution is -0.138. The summed E-state index contributed by atoms with van der Waals surface area (Å²) in [5, 5.41) is 29.0. The Bertz CT molecular complexity index is 1740. The molecule has 4 rings (SSSR count). The van der Waals surface area contributed by atoms with Crippen molar-refractivity contribution < 1.29 is 29.7 Å². The van der Waals surface area contributed by atoms with Gasteiger partial charge in [-0.25, -0.2) is 19.6 Å². The Labute approximate surface area is 274 Å². The highest BCUT2D eigenvalue weighted by atomic mass is 16.4. The van der Waals surface area contributed by atoms with Crippen LogP contribution in [0.5, 0.6) is 0 Å². The number of fused-ring (bicyclic) bond motifs is 2. The van der Waals surface area contributed by atoms with Gasteiger partial charge in [0.1, 0.15) is 11.4 Å². The van der Waals surface area contributed by atoms with Gasteiger partial charge in [-0.3, -0.25) is 24.5 Å². The first-order chi connectivity index (χ1) is 22.6. The van der Waals surface area contributed by atoms with Crippen molar-refractivity contribution >= 4 is 17.9 Å². The molecule has 3 aromatic heterocycles. The first kappa shape index (κ1) is 34.7. The van der Waals surface area contributed by atoms with Crippen LogP contribution in [-0.4, -0.2) is 95.6 Å². The fourth-order valence-electron chi connectivity index (χ4n) is 5.16. The molecule has 0 amide bonds. The highest BCUT2D eigenvalue weighted by Crippen LogP contribution is 2.15. The summed E-state index contributed by atoms with van der Waals surface area (Å²) >= 11 is 0. The van der Waals surface area contributed by atoms with Gasteiger partial charge in [-0.15, -0.1) is 0 Å². The lowest BCUT2D eigenvalue weighted by Crippen LogP contribution is -2.41. The monoisotopic (exact) mass is 638 g/mol. The molecular weight excluding hydrogens is 600 g/mol. The second-order valence-corrected chi connectivity index (χ2v) is 11.1. The van der Waals surface area contributed by atoms with Crippen molar-refractivity contribution in [2.75, 3.05) is 32.7 Å². The Kier molecular flexibility index (Phi) is 12.5. The summed E-state index contributed by atoms with van der Waals surface area (Å²) in [6, 6.07) is 12.2. The predicted molar refractivity (Wildman–Crippen MR) is 173 cm³/mol. The summed E-state index contributed by atoms with van der Waals surface area (Å²) in [5.41, 5.74) is 3.57. The number of nitrogens with zero attached hydrogens (tertiary/aromatic N) is 6. The van der Waals surface area contributed by atoms with Gasteiger partial charge in [0.25, 0.3) is 0 Å². The van der Waals surface area contributed by atoms with E-state index in [1.54, 1.807) is 12.1 Å². The molecule has 244 valence electrons. The molecule has 0 atom stereocenters. The summed E-state index contributed by atoms with van der Waals surface area (Å²) in [7, 11) is 0. The van der Waals surface area contributed by atoms with Crippen molar-refractivity contribution in [3.8, 4) is 23.7 Å². The SMILES string of the molecule is CCC#Cc1cc(CN2CCN(CC(=O)O)Cc3cccc(n3)CN(Cc3cc(C#CCC)cc(C(=O)O)n3)CC2)nc(C(=O)O)c1. The molecular formula is C35H38N6O6. The number of carbonyl (C=O) groups is 3. The first-order valence-corrected chi connectivity index (χ1v) is 15.4. The third-order valence-corrected chi connectivity index (χ3v) is 7.24. The van der Waals surface area contributed by atoms with Gasteiger partial charge in [-0.2, -0.15) is 0 Å². The maximum absolute atomic E-state index is 11.9. The lowest BCUT2D eigenvalue weighted by atomic mass is 10.1. The lowest BCUT2D eigenvalue weighted by Gasteiger charge is -2.30. The standard InChI is InChI=1S/C35H38N6O6/c1-3-5-8-25-16-29(37-31(18-25)34(44)45)22-39-12-14-40(23-30-17-26(9-6-4-2)19-32(38-30)35(46)47)20-27-10-7-11-28(36-27)21-41(15-13-39)24-33(42)43/h7,10-11,16-19H,3-4,12-15,20-24H2,1-2H3,(H,42,43)(H,44,45)(H,46,47). The van der Waals surface area contributed by atoms with E-state index in [4.69, 9.17) is 4.98 Å². The van der Waals surface area contributed by atoms with Crippen molar-refractivity contribution in [3.63, 3.8) is 0 Å². The van der Waals surface area contributed by atoms with Crippen LogP contribution < -0.4 is 0 Å². The molecule has 1 aliphatic heterocycles. The predicted octanol–water partition coefficient (Wildman–Crippen LogP) is 3.20. The van der Waals surface area contributed by atoms with Crippen LogP contribution in [0.4, 0.5) is 0 Å². The molecule has 0 aliphatic carbocycles. The number of hydrogen-bond donors (Lipinski definition) is 3. The number of carboxylic acid groups (broad SMARTS) is 3. The van der Waals surface area contributed by atoms with Crippen molar-refractivity contribution in [1.82, 2.24) is 29.7 Å². The molecule has 12 heteroatoms. The number of aliphatic carboxylic acids is 1. The maximum atomic E-state index is 11.9. The molecule has 0 saturated carbocycles. The van der Waals surface area contributed by atoms with Gasteiger partial charge >= 0.3 is 17.9 Å². The molecule has 0 fully saturated rings. The van der Waals surface area contributed by atoms with E-state index in [-0.39, 0.29) is 17.9 Å². The van der Waals surface area contributed by atoms with E-state index >= 15 is 0 Å². The van der Waals surface area contributed by atoms with Gasteiger partial charge < -0.3 is 15.3 Å². The Morgan fingerprint density at radius 1 is 0.681 bits per heavy atom. The molecule has 47 heavy (non-hydrogen) atoms. The number of rotatable bonds is 8. The molecule has 2 bridgehead atoms. The smallest absolute Gasteiger partial charge is 0.354 e. The minimum Gasteiger partial charge on any atom is -0.480 e. The van der Waals surface area contributed by atoms with Gasteiger partial charge in [0.2, 0.25) is 0 Å². The Morgan fingerprint density at radius 3 is 1.64 bits per heavy atom. The Hall–Kier alpha value is -5.14. The van der Waals surface area contributed by atoms with E-state index in [1.165, 1.54) is 12.1 Å². The average molecular weight is 639 g/mol. The summed E-state index contributed by atoms with van der Waals surface area (Å²) in [6.45, 7) is 6.99. The molecule has 0 saturated heterocycles. The zero-order valence-corrected chi connectivity index (χ0v) is 26.6. The highest BCUT2D eigenvalue weighted by molar-refractivity contribution is 5.86. The normalized spacial score (nSPS) is 14.4. The second kappa shape index (κ2) is 17.0. The topological polar surface area (TPSA) is 160 Å². The molecule has 3 N–H and O–H groups in total. The van der Waals surface area contributed by atoms with Crippen molar-refractivity contribution in [2.24, 2.45) is 0 Å². The van der Waals surface area contributed by atoms with E-state index < -0.39 is 17.9 Å². The number of aromatic nitrogens is 3. The second-order valence-electron chi connectivity index (χ2n) is 11.1. The van der Waals surface area contributed by atoms with Gasteiger partial charge in [0.15, 0.2) is 0 Å². The van der Waals surface area contributed by atoms with E-state index in [1.807, 2.05) is 36.9 Å². The van der Waals surface area contributed by atoms with Crippen LogP contribution in [0.1, 0.15) is 81.6 Å². The molecule has 1 aliphatic rings. The summed E-state index contributed by atoms with van der Waals surface area (Å²) in [5.74, 6) is 8.76. The fraction of sp³-hybridized carbons (Fsp3) is 0.371. The zero-order chi connectivity index (χ0) is 33.8. The number of aromatic carboxylic acids is 2. The molecule has 0 aromatic carbocycles. The van der Waals surface area contributed by atoms with E-state index in [9.17, 15) is 29.7 Å². The van der Waals surface area contributed by atoms with Gasteiger partial charge in [0.05, 0.1) is 29.3 Å². The van der Waals surface area contributed by atoms with Crippen LogP contribution in [0.25, 0.3) is 0 Å². The molecule has 12 nitrogen and oxygen atoms in total. The summed E-state index contributed by atoms with van der Waals surface area (Å²) in [6.07, 6.45) is 1.25. The van der Waals surface area contributed by atoms with Gasteiger partial charge in [-0.1, -0.05) is 43.6 Å². The van der Waals surface area contributed by atoms with Crippen LogP contribution in [-0.2, 0) is 31.0 Å². The van der Waals surface area contributed by atoms with E-state index in [2.05, 4.69) is 43.4 Å². The largest absolute Gasteiger partial charge is 0.480 e. The van der Waals surface area contributed by atoms with Gasteiger partial charge in [0, 0.05) is 76.3 Å². The van der Waals surface area contributed by atoms with Crippen molar-refractivity contribution in [1.29, 1.82) is 0 Å². The van der Waals surface area contributed by atoms with Crippen molar-refractivity contribution in [3.05, 3.63) is 87.8 Å². The molecule has 0 unspecified atom stereocenters. The third kappa shape index (κ3) is 11.0. The zero-order valence-electron chi connectivity index (χ0n) is 26.6. The van der Waals surface area contributed by atoms with Crippen LogP contribution >= 0.6 is 0 Å². The summed E-state index contributed by atoms with van der Waals surface area (Å²) in [4.78, 5) is 55.1. The molecule has 4 heterocycles. The fourth-order valence-corrected chi connectivity index (χ4v) is 5.16. The maximum Gasteiger partial charge on any atom is 0.354 e. The van der Waals surface area contributed by atoms with Crippen LogP contribution in [0.2, 0.25) is 0 Å². The van der Waals surface area contributed by atoms with Crippen LogP contribution in [0.15, 0.2) is 42.5 Å². The molecule has 0 spiro atoms. The Morgan fingerprint density at radius 2 is 1.15 bits per heavy atom. The number of carboxylic acids is 3. The minimum atomic E-state index is -1.15. The average Bonchev–Trinajstić information content (AvgIpc) is 3.03. The quantitative estimate of drug-likeness (QED) is 0.310. The summed E-state index contributed by atoms with van der Waals surface area (Å²) < 4.78 is 0. The van der Waals surface area contributed by atoms with E-state index in [0.717, 1.165) is 11.4 Å². The Balaban J connectivity index is 1.69.